The molecule has 0 saturated carbocycles. The second-order valence-corrected chi connectivity index (χ2v) is 7.94. The molecule has 0 bridgehead atoms. The lowest BCUT2D eigenvalue weighted by Gasteiger charge is -2.26. The lowest BCUT2D eigenvalue weighted by molar-refractivity contribution is 0.100. The Morgan fingerprint density at radius 2 is 1.90 bits per heavy atom. The fraction of sp³-hybridized carbons (Fsp3) is 0.167. The Labute approximate surface area is 166 Å². The van der Waals surface area contributed by atoms with E-state index in [4.69, 9.17) is 5.73 Å². The van der Waals surface area contributed by atoms with Crippen LogP contribution in [0.3, 0.4) is 0 Å². The standard InChI is InChI=1S/C24H20N4O/c25-24(29)14-8-9-21-18(10-14)19-11-17(20-12-26-28-23(20)22(19)27-21)16-7-3-5-13-4-1-2-6-15(13)16/h1-2,4,6,8-12,16,27H,3,5,7H2,(H2,25,29)(H,26,28). The average Bonchev–Trinajstić information content (AvgIpc) is 3.37. The van der Waals surface area contributed by atoms with Crippen LogP contribution in [0, 0.1) is 0 Å². The molecule has 1 aliphatic rings. The van der Waals surface area contributed by atoms with Crippen molar-refractivity contribution in [1.29, 1.82) is 0 Å². The molecule has 5 aromatic rings. The highest BCUT2D eigenvalue weighted by atomic mass is 16.1. The first-order valence-electron chi connectivity index (χ1n) is 10.00. The molecule has 29 heavy (non-hydrogen) atoms. The van der Waals surface area contributed by atoms with Gasteiger partial charge in [-0.3, -0.25) is 9.89 Å². The number of amides is 1. The minimum absolute atomic E-state index is 0.341. The number of fused-ring (bicyclic) bond motifs is 6. The van der Waals surface area contributed by atoms with Crippen LogP contribution in [0.15, 0.2) is 54.7 Å². The fourth-order valence-electron chi connectivity index (χ4n) is 5.01. The van der Waals surface area contributed by atoms with Crippen LogP contribution in [-0.4, -0.2) is 21.1 Å². The zero-order valence-corrected chi connectivity index (χ0v) is 15.8. The number of nitrogens with two attached hydrogens (primary N) is 1. The molecule has 2 aromatic heterocycles. The van der Waals surface area contributed by atoms with Gasteiger partial charge in [0.1, 0.15) is 0 Å². The van der Waals surface area contributed by atoms with Gasteiger partial charge >= 0.3 is 0 Å². The van der Waals surface area contributed by atoms with Gasteiger partial charge in [-0.05, 0) is 60.2 Å². The van der Waals surface area contributed by atoms with Crippen LogP contribution in [0.5, 0.6) is 0 Å². The molecule has 6 rings (SSSR count). The van der Waals surface area contributed by atoms with E-state index in [1.165, 1.54) is 23.1 Å². The maximum Gasteiger partial charge on any atom is 0.248 e. The number of primary amides is 1. The second kappa shape index (κ2) is 5.95. The van der Waals surface area contributed by atoms with Gasteiger partial charge in [0.05, 0.1) is 17.2 Å². The zero-order chi connectivity index (χ0) is 19.5. The van der Waals surface area contributed by atoms with E-state index < -0.39 is 5.91 Å². The average molecular weight is 380 g/mol. The van der Waals surface area contributed by atoms with Crippen LogP contribution in [-0.2, 0) is 6.42 Å². The van der Waals surface area contributed by atoms with Gasteiger partial charge in [0.25, 0.3) is 0 Å². The molecule has 0 radical (unpaired) electrons. The van der Waals surface area contributed by atoms with Gasteiger partial charge in [0.15, 0.2) is 0 Å². The lowest BCUT2D eigenvalue weighted by Crippen LogP contribution is -2.11. The first-order valence-corrected chi connectivity index (χ1v) is 10.00. The number of aryl methyl sites for hydroxylation is 1. The van der Waals surface area contributed by atoms with Crippen LogP contribution >= 0.6 is 0 Å². The molecule has 2 heterocycles. The molecule has 0 aliphatic heterocycles. The summed E-state index contributed by atoms with van der Waals surface area (Å²) in [6.45, 7) is 0. The molecule has 1 aliphatic carbocycles. The van der Waals surface area contributed by atoms with E-state index >= 15 is 0 Å². The summed E-state index contributed by atoms with van der Waals surface area (Å²) in [7, 11) is 0. The highest BCUT2D eigenvalue weighted by molar-refractivity contribution is 6.17. The zero-order valence-electron chi connectivity index (χ0n) is 15.8. The molecule has 5 heteroatoms. The quantitative estimate of drug-likeness (QED) is 0.412. The summed E-state index contributed by atoms with van der Waals surface area (Å²) in [6, 6.07) is 16.6. The van der Waals surface area contributed by atoms with Crippen LogP contribution in [0.1, 0.15) is 45.8 Å². The number of benzene rings is 3. The number of carbonyl (C=O) groups excluding carboxylic acids is 1. The molecule has 3 aromatic carbocycles. The van der Waals surface area contributed by atoms with Gasteiger partial charge in [-0.1, -0.05) is 24.3 Å². The molecule has 1 atom stereocenters. The first kappa shape index (κ1) is 16.4. The van der Waals surface area contributed by atoms with Crippen molar-refractivity contribution in [3.8, 4) is 0 Å². The van der Waals surface area contributed by atoms with Crippen molar-refractivity contribution in [2.24, 2.45) is 5.73 Å². The van der Waals surface area contributed by atoms with E-state index in [1.54, 1.807) is 6.07 Å². The van der Waals surface area contributed by atoms with E-state index in [-0.39, 0.29) is 0 Å². The number of aromatic amines is 2. The third-order valence-corrected chi connectivity index (χ3v) is 6.37. The number of rotatable bonds is 2. The fourth-order valence-corrected chi connectivity index (χ4v) is 5.01. The van der Waals surface area contributed by atoms with Gasteiger partial charge in [0, 0.05) is 33.2 Å². The molecule has 1 amide bonds. The number of aromatic nitrogens is 3. The molecule has 0 fully saturated rings. The predicted octanol–water partition coefficient (Wildman–Crippen LogP) is 4.76. The van der Waals surface area contributed by atoms with Crippen LogP contribution in [0.2, 0.25) is 0 Å². The molecule has 4 N–H and O–H groups in total. The summed E-state index contributed by atoms with van der Waals surface area (Å²) in [5.74, 6) is -0.0703. The molecule has 5 nitrogen and oxygen atoms in total. The monoisotopic (exact) mass is 380 g/mol. The van der Waals surface area contributed by atoms with Gasteiger partial charge in [-0.15, -0.1) is 0 Å². The summed E-state index contributed by atoms with van der Waals surface area (Å²) >= 11 is 0. The maximum absolute atomic E-state index is 11.7. The molecule has 0 spiro atoms. The smallest absolute Gasteiger partial charge is 0.248 e. The van der Waals surface area contributed by atoms with Crippen molar-refractivity contribution in [3.05, 3.63) is 77.0 Å². The highest BCUT2D eigenvalue weighted by Gasteiger charge is 2.25. The van der Waals surface area contributed by atoms with E-state index in [0.717, 1.165) is 45.6 Å². The Morgan fingerprint density at radius 3 is 2.79 bits per heavy atom. The lowest BCUT2D eigenvalue weighted by atomic mass is 9.78. The highest BCUT2D eigenvalue weighted by Crippen LogP contribution is 2.42. The summed E-state index contributed by atoms with van der Waals surface area (Å²) in [5.41, 5.74) is 13.2. The SMILES string of the molecule is NC(=O)c1ccc2[nH]c3c(cc(C4CCCc5ccccc54)c4cn[nH]c43)c2c1. The first-order chi connectivity index (χ1) is 14.2. The number of H-pyrrole nitrogens is 2. The Hall–Kier alpha value is -3.60. The normalized spacial score (nSPS) is 16.5. The Morgan fingerprint density at radius 1 is 1.00 bits per heavy atom. The second-order valence-electron chi connectivity index (χ2n) is 7.94. The van der Waals surface area contributed by atoms with Crippen LogP contribution in [0.25, 0.3) is 32.7 Å². The van der Waals surface area contributed by atoms with Crippen molar-refractivity contribution in [2.75, 3.05) is 0 Å². The van der Waals surface area contributed by atoms with Crippen molar-refractivity contribution < 1.29 is 4.79 Å². The number of hydrogen-bond donors (Lipinski definition) is 3. The largest absolute Gasteiger partial charge is 0.366 e. The topological polar surface area (TPSA) is 87.6 Å². The van der Waals surface area contributed by atoms with E-state index in [9.17, 15) is 4.79 Å². The molecule has 1 unspecified atom stereocenters. The van der Waals surface area contributed by atoms with Crippen molar-refractivity contribution in [2.45, 2.75) is 25.2 Å². The van der Waals surface area contributed by atoms with Crippen LogP contribution in [0.4, 0.5) is 0 Å². The predicted molar refractivity (Wildman–Crippen MR) is 115 cm³/mol. The van der Waals surface area contributed by atoms with Gasteiger partial charge in [-0.2, -0.15) is 5.10 Å². The van der Waals surface area contributed by atoms with Crippen molar-refractivity contribution in [3.63, 3.8) is 0 Å². The Bertz CT molecular complexity index is 1430. The van der Waals surface area contributed by atoms with E-state index in [1.807, 2.05) is 18.3 Å². The van der Waals surface area contributed by atoms with E-state index in [0.29, 0.717) is 11.5 Å². The van der Waals surface area contributed by atoms with Gasteiger partial charge < -0.3 is 10.7 Å². The maximum atomic E-state index is 11.7. The molecular weight excluding hydrogens is 360 g/mol. The minimum atomic E-state index is -0.412. The third kappa shape index (κ3) is 2.34. The van der Waals surface area contributed by atoms with Gasteiger partial charge in [-0.25, -0.2) is 0 Å². The minimum Gasteiger partial charge on any atom is -0.366 e. The number of nitrogens with one attached hydrogen (secondary N) is 2. The summed E-state index contributed by atoms with van der Waals surface area (Å²) in [4.78, 5) is 15.2. The number of hydrogen-bond acceptors (Lipinski definition) is 2. The van der Waals surface area contributed by atoms with E-state index in [2.05, 4.69) is 45.5 Å². The molecule has 142 valence electrons. The summed E-state index contributed by atoms with van der Waals surface area (Å²) < 4.78 is 0. The van der Waals surface area contributed by atoms with Crippen molar-refractivity contribution in [1.82, 2.24) is 15.2 Å². The van der Waals surface area contributed by atoms with Crippen molar-refractivity contribution >= 4 is 38.6 Å². The Balaban J connectivity index is 1.68. The number of carbonyl (C=O) groups is 1. The van der Waals surface area contributed by atoms with Crippen LogP contribution < -0.4 is 5.73 Å². The third-order valence-electron chi connectivity index (χ3n) is 6.37. The summed E-state index contributed by atoms with van der Waals surface area (Å²) in [5, 5.41) is 10.8. The summed E-state index contributed by atoms with van der Waals surface area (Å²) in [6.07, 6.45) is 5.37. The number of nitrogens with zero attached hydrogens (tertiary/aromatic N) is 1. The Kier molecular flexibility index (Phi) is 3.36. The molecular formula is C24H20N4O. The molecule has 0 saturated heterocycles. The van der Waals surface area contributed by atoms with Gasteiger partial charge in [0.2, 0.25) is 5.91 Å².